The van der Waals surface area contributed by atoms with Crippen molar-refractivity contribution in [2.75, 3.05) is 38.3 Å². The van der Waals surface area contributed by atoms with Crippen molar-refractivity contribution in [1.29, 1.82) is 0 Å². The summed E-state index contributed by atoms with van der Waals surface area (Å²) in [6.07, 6.45) is 0. The number of furan rings is 1. The summed E-state index contributed by atoms with van der Waals surface area (Å²) in [6, 6.07) is 15.7. The summed E-state index contributed by atoms with van der Waals surface area (Å²) in [4.78, 5) is 16.9. The molecule has 0 atom stereocenters. The van der Waals surface area contributed by atoms with Crippen LogP contribution in [0.5, 0.6) is 0 Å². The van der Waals surface area contributed by atoms with E-state index in [1.807, 2.05) is 37.4 Å². The maximum atomic E-state index is 12.9. The van der Waals surface area contributed by atoms with Gasteiger partial charge in [-0.15, -0.1) is 0 Å². The summed E-state index contributed by atoms with van der Waals surface area (Å²) in [5.74, 6) is 0.230. The fourth-order valence-electron chi connectivity index (χ4n) is 3.39. The second kappa shape index (κ2) is 7.74. The molecule has 140 valence electrons. The van der Waals surface area contributed by atoms with Crippen molar-refractivity contribution < 1.29 is 13.9 Å². The summed E-state index contributed by atoms with van der Waals surface area (Å²) in [7, 11) is 1.81. The van der Waals surface area contributed by atoms with Crippen LogP contribution in [-0.4, -0.2) is 44.2 Å². The lowest BCUT2D eigenvalue weighted by atomic mass is 10.1. The maximum absolute atomic E-state index is 12.9. The molecule has 3 aromatic rings. The minimum atomic E-state index is -0.126. The number of amides is 1. The number of ether oxygens (including phenoxy) is 1. The number of fused-ring (bicyclic) bond motifs is 1. The third kappa shape index (κ3) is 3.87. The third-order valence-corrected chi connectivity index (χ3v) is 5.28. The molecule has 0 saturated carbocycles. The molecule has 0 radical (unpaired) electrons. The van der Waals surface area contributed by atoms with Gasteiger partial charge in [-0.2, -0.15) is 0 Å². The second-order valence-corrected chi connectivity index (χ2v) is 7.60. The molecule has 6 heteroatoms. The lowest BCUT2D eigenvalue weighted by Gasteiger charge is -2.31. The molecule has 2 aromatic carbocycles. The number of anilines is 1. The maximum Gasteiger partial charge on any atom is 0.289 e. The molecule has 0 unspecified atom stereocenters. The molecular formula is C21H21BrN2O3. The summed E-state index contributed by atoms with van der Waals surface area (Å²) in [5, 5.41) is 0.912. The van der Waals surface area contributed by atoms with Gasteiger partial charge in [0.1, 0.15) is 5.58 Å². The van der Waals surface area contributed by atoms with Crippen LogP contribution in [0.2, 0.25) is 0 Å². The number of benzene rings is 2. The van der Waals surface area contributed by atoms with Crippen molar-refractivity contribution in [2.24, 2.45) is 0 Å². The van der Waals surface area contributed by atoms with Gasteiger partial charge >= 0.3 is 0 Å². The Kier molecular flexibility index (Phi) is 5.18. The van der Waals surface area contributed by atoms with Gasteiger partial charge in [0.2, 0.25) is 0 Å². The summed E-state index contributed by atoms with van der Waals surface area (Å²) in [5.41, 5.74) is 2.99. The SMILES string of the molecule is CN(Cc1ccccc1N1CCOCC1)C(=O)c1cc2cc(Br)ccc2o1. The first kappa shape index (κ1) is 18.1. The van der Waals surface area contributed by atoms with E-state index in [1.165, 1.54) is 0 Å². The van der Waals surface area contributed by atoms with Gasteiger partial charge in [-0.05, 0) is 35.9 Å². The molecule has 0 spiro atoms. The number of rotatable bonds is 4. The Balaban J connectivity index is 1.54. The zero-order valence-electron chi connectivity index (χ0n) is 15.2. The number of morpholine rings is 1. The number of nitrogens with zero attached hydrogens (tertiary/aromatic N) is 2. The van der Waals surface area contributed by atoms with E-state index in [2.05, 4.69) is 33.0 Å². The molecule has 0 bridgehead atoms. The van der Waals surface area contributed by atoms with E-state index in [-0.39, 0.29) is 5.91 Å². The number of carbonyl (C=O) groups excluding carboxylic acids is 1. The van der Waals surface area contributed by atoms with E-state index in [0.29, 0.717) is 17.9 Å². The van der Waals surface area contributed by atoms with Gasteiger partial charge in [0, 0.05) is 42.2 Å². The van der Waals surface area contributed by atoms with Crippen molar-refractivity contribution in [2.45, 2.75) is 6.54 Å². The first-order valence-corrected chi connectivity index (χ1v) is 9.76. The minimum Gasteiger partial charge on any atom is -0.451 e. The zero-order chi connectivity index (χ0) is 18.8. The molecule has 1 amide bonds. The lowest BCUT2D eigenvalue weighted by Crippen LogP contribution is -2.37. The number of hydrogen-bond donors (Lipinski definition) is 0. The van der Waals surface area contributed by atoms with Crippen LogP contribution in [0.4, 0.5) is 5.69 Å². The molecule has 1 aliphatic heterocycles. The molecule has 1 fully saturated rings. The fourth-order valence-corrected chi connectivity index (χ4v) is 3.77. The number of carbonyl (C=O) groups is 1. The van der Waals surface area contributed by atoms with E-state index in [0.717, 1.165) is 47.4 Å². The molecule has 1 saturated heterocycles. The third-order valence-electron chi connectivity index (χ3n) is 4.79. The Hall–Kier alpha value is -2.31. The molecule has 1 aliphatic rings. The van der Waals surface area contributed by atoms with Crippen LogP contribution in [-0.2, 0) is 11.3 Å². The Bertz CT molecular complexity index is 963. The van der Waals surface area contributed by atoms with Crippen molar-refractivity contribution in [1.82, 2.24) is 4.90 Å². The van der Waals surface area contributed by atoms with Crippen LogP contribution < -0.4 is 4.90 Å². The van der Waals surface area contributed by atoms with Gasteiger partial charge in [0.15, 0.2) is 5.76 Å². The molecule has 0 N–H and O–H groups in total. The molecule has 5 nitrogen and oxygen atoms in total. The molecule has 4 rings (SSSR count). The van der Waals surface area contributed by atoms with E-state index in [4.69, 9.17) is 9.15 Å². The Morgan fingerprint density at radius 2 is 1.93 bits per heavy atom. The highest BCUT2D eigenvalue weighted by molar-refractivity contribution is 9.10. The van der Waals surface area contributed by atoms with Crippen molar-refractivity contribution in [3.63, 3.8) is 0 Å². The molecule has 2 heterocycles. The van der Waals surface area contributed by atoms with Gasteiger partial charge in [-0.25, -0.2) is 0 Å². The first-order chi connectivity index (χ1) is 13.1. The standard InChI is InChI=1S/C21H21BrN2O3/c1-23(21(25)20-13-16-12-17(22)6-7-19(16)27-20)14-15-4-2-3-5-18(15)24-8-10-26-11-9-24/h2-7,12-13H,8-11,14H2,1H3. The van der Waals surface area contributed by atoms with Gasteiger partial charge in [0.05, 0.1) is 13.2 Å². The largest absolute Gasteiger partial charge is 0.451 e. The van der Waals surface area contributed by atoms with E-state index in [9.17, 15) is 4.79 Å². The van der Waals surface area contributed by atoms with Crippen LogP contribution in [0.15, 0.2) is 57.4 Å². The predicted octanol–water partition coefficient (Wildman–Crippen LogP) is 4.30. The van der Waals surface area contributed by atoms with Gasteiger partial charge in [-0.3, -0.25) is 4.79 Å². The van der Waals surface area contributed by atoms with Crippen LogP contribution in [0, 0.1) is 0 Å². The minimum absolute atomic E-state index is 0.126. The van der Waals surface area contributed by atoms with E-state index < -0.39 is 0 Å². The number of para-hydroxylation sites is 1. The highest BCUT2D eigenvalue weighted by atomic mass is 79.9. The van der Waals surface area contributed by atoms with Crippen LogP contribution in [0.1, 0.15) is 16.1 Å². The Morgan fingerprint density at radius 3 is 2.74 bits per heavy atom. The molecular weight excluding hydrogens is 408 g/mol. The van der Waals surface area contributed by atoms with Crippen LogP contribution >= 0.6 is 15.9 Å². The molecule has 0 aliphatic carbocycles. The van der Waals surface area contributed by atoms with Crippen molar-refractivity contribution >= 4 is 38.5 Å². The zero-order valence-corrected chi connectivity index (χ0v) is 16.7. The average Bonchev–Trinajstić information content (AvgIpc) is 3.11. The summed E-state index contributed by atoms with van der Waals surface area (Å²) >= 11 is 3.45. The van der Waals surface area contributed by atoms with Crippen LogP contribution in [0.3, 0.4) is 0 Å². The van der Waals surface area contributed by atoms with E-state index >= 15 is 0 Å². The highest BCUT2D eigenvalue weighted by Gasteiger charge is 2.20. The van der Waals surface area contributed by atoms with E-state index in [1.54, 1.807) is 11.0 Å². The average molecular weight is 429 g/mol. The van der Waals surface area contributed by atoms with Gasteiger partial charge < -0.3 is 19.0 Å². The monoisotopic (exact) mass is 428 g/mol. The van der Waals surface area contributed by atoms with Crippen molar-refractivity contribution in [3.8, 4) is 0 Å². The highest BCUT2D eigenvalue weighted by Crippen LogP contribution is 2.26. The summed E-state index contributed by atoms with van der Waals surface area (Å²) < 4.78 is 12.2. The second-order valence-electron chi connectivity index (χ2n) is 6.68. The first-order valence-electron chi connectivity index (χ1n) is 8.97. The van der Waals surface area contributed by atoms with Crippen LogP contribution in [0.25, 0.3) is 11.0 Å². The Labute approximate surface area is 166 Å². The normalized spacial score (nSPS) is 14.5. The quantitative estimate of drug-likeness (QED) is 0.621. The lowest BCUT2D eigenvalue weighted by molar-refractivity contribution is 0.0755. The number of hydrogen-bond acceptors (Lipinski definition) is 4. The summed E-state index contributed by atoms with van der Waals surface area (Å²) in [6.45, 7) is 3.72. The number of halogens is 1. The fraction of sp³-hybridized carbons (Fsp3) is 0.286. The molecule has 1 aromatic heterocycles. The van der Waals surface area contributed by atoms with Crippen molar-refractivity contribution in [3.05, 3.63) is 64.3 Å². The van der Waals surface area contributed by atoms with Gasteiger partial charge in [-0.1, -0.05) is 34.1 Å². The van der Waals surface area contributed by atoms with Gasteiger partial charge in [0.25, 0.3) is 5.91 Å². The predicted molar refractivity (Wildman–Crippen MR) is 109 cm³/mol. The smallest absolute Gasteiger partial charge is 0.289 e. The Morgan fingerprint density at radius 1 is 1.15 bits per heavy atom. The topological polar surface area (TPSA) is 45.9 Å². The molecule has 27 heavy (non-hydrogen) atoms.